The van der Waals surface area contributed by atoms with Crippen molar-refractivity contribution in [2.45, 2.75) is 50.0 Å². The molecule has 2 aromatic carbocycles. The Bertz CT molecular complexity index is 1100. The van der Waals surface area contributed by atoms with E-state index in [0.29, 0.717) is 51.1 Å². The average Bonchev–Trinajstić information content (AvgIpc) is 3.36. The minimum absolute atomic E-state index is 0.0520. The van der Waals surface area contributed by atoms with Crippen LogP contribution in [0.4, 0.5) is 13.2 Å². The minimum Gasteiger partial charge on any atom is -0.489 e. The lowest BCUT2D eigenvalue weighted by Crippen LogP contribution is -2.59. The second kappa shape index (κ2) is 11.2. The molecule has 2 saturated heterocycles. The van der Waals surface area contributed by atoms with Gasteiger partial charge in [-0.2, -0.15) is 13.2 Å². The largest absolute Gasteiger partial charge is 0.489 e. The first kappa shape index (κ1) is 27.1. The molecule has 10 heteroatoms. The van der Waals surface area contributed by atoms with Crippen LogP contribution in [0.3, 0.4) is 0 Å². The quantitative estimate of drug-likeness (QED) is 0.525. The van der Waals surface area contributed by atoms with Crippen LogP contribution in [0.2, 0.25) is 0 Å². The first-order valence-corrected chi connectivity index (χ1v) is 12.4. The smallest absolute Gasteiger partial charge is 0.416 e. The zero-order valence-corrected chi connectivity index (χ0v) is 20.7. The molecule has 0 spiro atoms. The fourth-order valence-corrected chi connectivity index (χ4v) is 5.10. The van der Waals surface area contributed by atoms with E-state index in [2.05, 4.69) is 10.2 Å². The molecule has 0 aromatic heterocycles. The van der Waals surface area contributed by atoms with Crippen LogP contribution in [-0.2, 0) is 15.7 Å². The van der Waals surface area contributed by atoms with E-state index in [9.17, 15) is 22.8 Å². The number of amides is 1. The number of hydrogen-bond donors (Lipinski definition) is 2. The predicted octanol–water partition coefficient (Wildman–Crippen LogP) is 3.73. The number of nitrogens with two attached hydrogens (primary N) is 1. The van der Waals surface area contributed by atoms with E-state index in [0.717, 1.165) is 17.7 Å². The number of carbonyl (C=O) groups excluding carboxylic acids is 2. The van der Waals surface area contributed by atoms with Crippen LogP contribution in [0.1, 0.15) is 53.7 Å². The van der Waals surface area contributed by atoms with Gasteiger partial charge in [-0.15, -0.1) is 0 Å². The fraction of sp³-hybridized carbons (Fsp3) is 0.481. The molecular weight excluding hydrogens is 487 g/mol. The number of halogens is 3. The van der Waals surface area contributed by atoms with E-state index in [1.54, 1.807) is 12.1 Å². The van der Waals surface area contributed by atoms with Gasteiger partial charge >= 0.3 is 6.18 Å². The summed E-state index contributed by atoms with van der Waals surface area (Å²) in [6, 6.07) is 11.7. The molecule has 2 heterocycles. The maximum absolute atomic E-state index is 13.6. The van der Waals surface area contributed by atoms with Crippen molar-refractivity contribution < 1.29 is 32.2 Å². The molecule has 2 aromatic rings. The van der Waals surface area contributed by atoms with Gasteiger partial charge in [0.2, 0.25) is 5.91 Å². The standard InChI is InChI=1S/C27H32F3N3O4/c1-18(19-5-7-20(8-6-19)25(31)35)32-16-24(34)26(10-13-36-14-11-26)33-12-9-23(17-33)37-22-4-2-3-21(15-22)27(28,29)30/h2-8,15,18,23,32H,9-14,16-17H2,1H3,(H2,31,35)/t18-,23+/m0/s1. The molecule has 0 aliphatic carbocycles. The Hall–Kier alpha value is -2.95. The van der Waals surface area contributed by atoms with E-state index in [1.165, 1.54) is 12.1 Å². The first-order chi connectivity index (χ1) is 17.6. The molecule has 3 N–H and O–H groups in total. The van der Waals surface area contributed by atoms with Crippen LogP contribution >= 0.6 is 0 Å². The number of primary amides is 1. The zero-order chi connectivity index (χ0) is 26.6. The summed E-state index contributed by atoms with van der Waals surface area (Å²) in [5, 5.41) is 3.29. The number of likely N-dealkylation sites (tertiary alicyclic amines) is 1. The first-order valence-electron chi connectivity index (χ1n) is 12.4. The summed E-state index contributed by atoms with van der Waals surface area (Å²) in [6.45, 7) is 4.08. The highest BCUT2D eigenvalue weighted by Crippen LogP contribution is 2.35. The van der Waals surface area contributed by atoms with Gasteiger partial charge < -0.3 is 20.5 Å². The third-order valence-corrected chi connectivity index (χ3v) is 7.32. The maximum atomic E-state index is 13.6. The highest BCUT2D eigenvalue weighted by molar-refractivity contribution is 5.92. The number of alkyl halides is 3. The number of carbonyl (C=O) groups is 2. The fourth-order valence-electron chi connectivity index (χ4n) is 5.10. The number of benzene rings is 2. The Balaban J connectivity index is 1.40. The summed E-state index contributed by atoms with van der Waals surface area (Å²) >= 11 is 0. The monoisotopic (exact) mass is 519 g/mol. The van der Waals surface area contributed by atoms with Crippen LogP contribution in [0.25, 0.3) is 0 Å². The number of ether oxygens (including phenoxy) is 2. The average molecular weight is 520 g/mol. The molecule has 1 amide bonds. The Morgan fingerprint density at radius 2 is 1.89 bits per heavy atom. The Morgan fingerprint density at radius 1 is 1.19 bits per heavy atom. The molecule has 2 aliphatic rings. The van der Waals surface area contributed by atoms with Crippen molar-refractivity contribution in [2.24, 2.45) is 5.73 Å². The van der Waals surface area contributed by atoms with Gasteiger partial charge in [0.1, 0.15) is 11.9 Å². The van der Waals surface area contributed by atoms with Gasteiger partial charge in [0.25, 0.3) is 0 Å². The topological polar surface area (TPSA) is 93.9 Å². The lowest BCUT2D eigenvalue weighted by Gasteiger charge is -2.43. The Labute approximate surface area is 214 Å². The van der Waals surface area contributed by atoms with E-state index in [4.69, 9.17) is 15.2 Å². The molecule has 2 fully saturated rings. The van der Waals surface area contributed by atoms with E-state index >= 15 is 0 Å². The van der Waals surface area contributed by atoms with Gasteiger partial charge in [0.05, 0.1) is 17.6 Å². The molecule has 0 radical (unpaired) electrons. The molecule has 0 unspecified atom stereocenters. The van der Waals surface area contributed by atoms with E-state index in [1.807, 2.05) is 19.1 Å². The highest BCUT2D eigenvalue weighted by atomic mass is 19.4. The summed E-state index contributed by atoms with van der Waals surface area (Å²) < 4.78 is 50.7. The third-order valence-electron chi connectivity index (χ3n) is 7.32. The van der Waals surface area contributed by atoms with Gasteiger partial charge in [-0.1, -0.05) is 18.2 Å². The van der Waals surface area contributed by atoms with Crippen LogP contribution in [0.15, 0.2) is 48.5 Å². The van der Waals surface area contributed by atoms with Crippen LogP contribution in [0, 0.1) is 0 Å². The number of Topliss-reactive ketones (excluding diaryl/α,β-unsaturated/α-hetero) is 1. The number of nitrogens with zero attached hydrogens (tertiary/aromatic N) is 1. The second-order valence-electron chi connectivity index (χ2n) is 9.66. The number of hydrogen-bond acceptors (Lipinski definition) is 6. The van der Waals surface area contributed by atoms with Gasteiger partial charge in [0.15, 0.2) is 5.78 Å². The van der Waals surface area contributed by atoms with E-state index in [-0.39, 0.29) is 30.2 Å². The molecule has 7 nitrogen and oxygen atoms in total. The minimum atomic E-state index is -4.44. The molecule has 2 atom stereocenters. The van der Waals surface area contributed by atoms with Crippen molar-refractivity contribution in [3.8, 4) is 5.75 Å². The SMILES string of the molecule is C[C@H](NCC(=O)C1(N2CC[C@@H](Oc3cccc(C(F)(F)F)c3)C2)CCOCC1)c1ccc(C(N)=O)cc1. The number of nitrogens with one attached hydrogen (secondary N) is 1. The van der Waals surface area contributed by atoms with Crippen molar-refractivity contribution in [1.82, 2.24) is 10.2 Å². The van der Waals surface area contributed by atoms with Crippen LogP contribution < -0.4 is 15.8 Å². The normalized spacial score (nSPS) is 20.9. The molecule has 4 rings (SSSR count). The lowest BCUT2D eigenvalue weighted by atomic mass is 9.83. The van der Waals surface area contributed by atoms with Gasteiger partial charge in [-0.25, -0.2) is 0 Å². The highest BCUT2D eigenvalue weighted by Gasteiger charge is 2.47. The van der Waals surface area contributed by atoms with Crippen LogP contribution in [0.5, 0.6) is 5.75 Å². The molecule has 0 saturated carbocycles. The van der Waals surface area contributed by atoms with Crippen molar-refractivity contribution in [1.29, 1.82) is 0 Å². The Kier molecular flexibility index (Phi) is 8.20. The molecule has 0 bridgehead atoms. The summed E-state index contributed by atoms with van der Waals surface area (Å²) in [7, 11) is 0. The summed E-state index contributed by atoms with van der Waals surface area (Å²) in [5.74, 6) is -0.271. The molecular formula is C27H32F3N3O4. The third kappa shape index (κ3) is 6.31. The summed E-state index contributed by atoms with van der Waals surface area (Å²) in [4.78, 5) is 27.0. The number of ketones is 1. The van der Waals surface area contributed by atoms with Crippen LogP contribution in [-0.4, -0.2) is 61.1 Å². The lowest BCUT2D eigenvalue weighted by molar-refractivity contribution is -0.138. The van der Waals surface area contributed by atoms with Gasteiger partial charge in [-0.3, -0.25) is 14.5 Å². The van der Waals surface area contributed by atoms with E-state index < -0.39 is 23.2 Å². The zero-order valence-electron chi connectivity index (χ0n) is 20.7. The van der Waals surface area contributed by atoms with Crippen molar-refractivity contribution >= 4 is 11.7 Å². The summed E-state index contributed by atoms with van der Waals surface area (Å²) in [5.41, 5.74) is 5.18. The Morgan fingerprint density at radius 3 is 2.54 bits per heavy atom. The second-order valence-corrected chi connectivity index (χ2v) is 9.66. The summed E-state index contributed by atoms with van der Waals surface area (Å²) in [6.07, 6.45) is -3.04. The maximum Gasteiger partial charge on any atom is 0.416 e. The van der Waals surface area contributed by atoms with Crippen molar-refractivity contribution in [2.75, 3.05) is 32.8 Å². The van der Waals surface area contributed by atoms with Crippen molar-refractivity contribution in [3.63, 3.8) is 0 Å². The molecule has 37 heavy (non-hydrogen) atoms. The van der Waals surface area contributed by atoms with Gasteiger partial charge in [0, 0.05) is 37.9 Å². The predicted molar refractivity (Wildman–Crippen MR) is 131 cm³/mol. The molecule has 2 aliphatic heterocycles. The number of rotatable bonds is 9. The van der Waals surface area contributed by atoms with Gasteiger partial charge in [-0.05, 0) is 62.1 Å². The van der Waals surface area contributed by atoms with Crippen molar-refractivity contribution in [3.05, 3.63) is 65.2 Å². The molecule has 200 valence electrons.